The molecule has 2 rings (SSSR count). The molecule has 6 nitrogen and oxygen atoms in total. The number of nitrogens with one attached hydrogen (secondary N) is 2. The molecule has 0 spiro atoms. The smallest absolute Gasteiger partial charge is 0.174 e. The predicted octanol–water partition coefficient (Wildman–Crippen LogP) is 0.929. The first kappa shape index (κ1) is 11.0. The third-order valence-electron chi connectivity index (χ3n) is 1.69. The van der Waals surface area contributed by atoms with E-state index in [0.29, 0.717) is 0 Å². The van der Waals surface area contributed by atoms with Gasteiger partial charge in [-0.1, -0.05) is 8.94 Å². The molecule has 0 aromatic carbocycles. The monoisotopic (exact) mass is 258 g/mol. The summed E-state index contributed by atoms with van der Waals surface area (Å²) < 4.78 is 36.1. The van der Waals surface area contributed by atoms with E-state index in [-0.39, 0.29) is 0 Å². The van der Waals surface area contributed by atoms with Gasteiger partial charge in [0.05, 0.1) is 0 Å². The first-order chi connectivity index (χ1) is 7.62. The second-order valence-corrected chi connectivity index (χ2v) is 6.53. The van der Waals surface area contributed by atoms with Crippen LogP contribution in [-0.2, 0) is 19.8 Å². The molecule has 0 aliphatic carbocycles. The van der Waals surface area contributed by atoms with Crippen LogP contribution in [0.5, 0.6) is 0 Å². The zero-order valence-corrected chi connectivity index (χ0v) is 9.78. The van der Waals surface area contributed by atoms with E-state index < -0.39 is 19.8 Å². The van der Waals surface area contributed by atoms with E-state index in [1.807, 2.05) is 0 Å². The van der Waals surface area contributed by atoms with Crippen molar-refractivity contribution in [2.24, 2.45) is 8.94 Å². The first-order valence-corrected chi connectivity index (χ1v) is 7.51. The number of rotatable bonds is 1. The average molecular weight is 258 g/mol. The van der Waals surface area contributed by atoms with Crippen molar-refractivity contribution < 1.29 is 8.42 Å². The normalized spacial score (nSPS) is 35.2. The molecule has 2 unspecified atom stereocenters. The number of hydrogen-bond acceptors (Lipinski definition) is 2. The Hall–Kier alpha value is -1.54. The molecule has 0 bridgehead atoms. The zero-order valence-electron chi connectivity index (χ0n) is 8.15. The minimum absolute atomic E-state index is 1.38. The Bertz CT molecular complexity index is 570. The highest BCUT2D eigenvalue weighted by Gasteiger charge is 2.06. The molecule has 0 amide bonds. The van der Waals surface area contributed by atoms with Crippen LogP contribution in [-0.4, -0.2) is 8.42 Å². The topological polar surface area (TPSA) is 82.9 Å². The standard InChI is InChI=1S/C8H10N4O2S2/c13-15(7-3-1-5-9-15)11-12-16(14)8-4-2-6-10-16/h1-8H,(H,9,11,13)(H,10,12,14). The van der Waals surface area contributed by atoms with Crippen LogP contribution in [0, 0.1) is 0 Å². The number of allylic oxidation sites excluding steroid dienone is 4. The Morgan fingerprint density at radius 2 is 1.19 bits per heavy atom. The Morgan fingerprint density at radius 3 is 1.50 bits per heavy atom. The van der Waals surface area contributed by atoms with Gasteiger partial charge < -0.3 is 9.44 Å². The van der Waals surface area contributed by atoms with E-state index in [9.17, 15) is 8.42 Å². The minimum Gasteiger partial charge on any atom is -0.301 e. The van der Waals surface area contributed by atoms with Crippen LogP contribution in [0.3, 0.4) is 0 Å². The van der Waals surface area contributed by atoms with Gasteiger partial charge in [0, 0.05) is 23.2 Å². The Morgan fingerprint density at radius 1 is 0.750 bits per heavy atom. The summed E-state index contributed by atoms with van der Waals surface area (Å²) in [5, 5.41) is 2.75. The van der Waals surface area contributed by atoms with Gasteiger partial charge in [-0.2, -0.15) is 0 Å². The van der Waals surface area contributed by atoms with Crippen LogP contribution in [0.2, 0.25) is 0 Å². The van der Waals surface area contributed by atoms with Gasteiger partial charge in [0.1, 0.15) is 0 Å². The van der Waals surface area contributed by atoms with Gasteiger partial charge in [-0.15, -0.1) is 0 Å². The molecule has 2 atom stereocenters. The minimum atomic E-state index is -2.76. The van der Waals surface area contributed by atoms with Gasteiger partial charge in [0.2, 0.25) is 0 Å². The van der Waals surface area contributed by atoms with Crippen molar-refractivity contribution in [3.05, 3.63) is 47.5 Å². The lowest BCUT2D eigenvalue weighted by Gasteiger charge is -2.07. The molecule has 2 heterocycles. The van der Waals surface area contributed by atoms with Gasteiger partial charge in [0.15, 0.2) is 19.8 Å². The maximum absolute atomic E-state index is 11.9. The average Bonchev–Trinajstić information content (AvgIpc) is 2.29. The van der Waals surface area contributed by atoms with Gasteiger partial charge in [-0.25, -0.2) is 8.42 Å². The van der Waals surface area contributed by atoms with E-state index in [2.05, 4.69) is 18.4 Å². The summed E-state index contributed by atoms with van der Waals surface area (Å²) in [6.07, 6.45) is 9.54. The third kappa shape index (κ3) is 2.52. The lowest BCUT2D eigenvalue weighted by atomic mass is 10.6. The van der Waals surface area contributed by atoms with E-state index in [4.69, 9.17) is 0 Å². The van der Waals surface area contributed by atoms with Gasteiger partial charge in [-0.05, 0) is 24.3 Å². The van der Waals surface area contributed by atoms with Crippen LogP contribution < -0.4 is 9.44 Å². The number of hydrogen-bond donors (Lipinski definition) is 2. The molecular weight excluding hydrogens is 248 g/mol. The van der Waals surface area contributed by atoms with E-state index >= 15 is 0 Å². The highest BCUT2D eigenvalue weighted by molar-refractivity contribution is 7.96. The maximum atomic E-state index is 11.9. The molecule has 2 aliphatic rings. The second kappa shape index (κ2) is 4.14. The van der Waals surface area contributed by atoms with E-state index in [1.54, 1.807) is 24.3 Å². The lowest BCUT2D eigenvalue weighted by Crippen LogP contribution is -2.18. The second-order valence-electron chi connectivity index (χ2n) is 2.91. The summed E-state index contributed by atoms with van der Waals surface area (Å²) in [5.41, 5.74) is 0. The van der Waals surface area contributed by atoms with E-state index in [1.165, 1.54) is 23.2 Å². The van der Waals surface area contributed by atoms with Crippen molar-refractivity contribution in [3.63, 3.8) is 0 Å². The fourth-order valence-corrected chi connectivity index (χ4v) is 3.27. The molecular formula is C8H10N4O2S2. The molecule has 2 N–H and O–H groups in total. The van der Waals surface area contributed by atoms with Crippen LogP contribution in [0.4, 0.5) is 0 Å². The van der Waals surface area contributed by atoms with Crippen LogP contribution in [0.25, 0.3) is 0 Å². The molecule has 0 radical (unpaired) electrons. The highest BCUT2D eigenvalue weighted by atomic mass is 32.2. The summed E-state index contributed by atoms with van der Waals surface area (Å²) in [6.45, 7) is 0. The third-order valence-corrected chi connectivity index (χ3v) is 4.44. The summed E-state index contributed by atoms with van der Waals surface area (Å²) in [7, 11) is -5.53. The van der Waals surface area contributed by atoms with Crippen LogP contribution in [0.15, 0.2) is 56.5 Å². The molecule has 0 aromatic rings. The summed E-state index contributed by atoms with van der Waals surface area (Å²) >= 11 is 0. The molecule has 8 heteroatoms. The molecule has 16 heavy (non-hydrogen) atoms. The maximum Gasteiger partial charge on any atom is 0.174 e. The van der Waals surface area contributed by atoms with Crippen molar-refractivity contribution in [1.82, 2.24) is 9.44 Å². The van der Waals surface area contributed by atoms with E-state index in [0.717, 1.165) is 0 Å². The van der Waals surface area contributed by atoms with Crippen molar-refractivity contribution in [1.29, 1.82) is 0 Å². The van der Waals surface area contributed by atoms with Crippen LogP contribution in [0.1, 0.15) is 0 Å². The zero-order chi connectivity index (χ0) is 11.5. The first-order valence-electron chi connectivity index (χ1n) is 4.36. The molecule has 0 saturated heterocycles. The van der Waals surface area contributed by atoms with Crippen molar-refractivity contribution >= 4 is 19.8 Å². The van der Waals surface area contributed by atoms with Gasteiger partial charge in [0.25, 0.3) is 0 Å². The highest BCUT2D eigenvalue weighted by Crippen LogP contribution is 2.05. The van der Waals surface area contributed by atoms with Gasteiger partial charge in [-0.3, -0.25) is 0 Å². The fourth-order valence-electron chi connectivity index (χ4n) is 0.968. The molecule has 0 aromatic heterocycles. The summed E-state index contributed by atoms with van der Waals surface area (Å²) in [6, 6.07) is 0. The molecule has 0 fully saturated rings. The number of nitrogens with zero attached hydrogens (tertiary/aromatic N) is 2. The molecule has 86 valence electrons. The van der Waals surface area contributed by atoms with Crippen molar-refractivity contribution in [2.75, 3.05) is 0 Å². The van der Waals surface area contributed by atoms with Crippen LogP contribution >= 0.6 is 0 Å². The Kier molecular flexibility index (Phi) is 2.84. The Labute approximate surface area is 94.4 Å². The van der Waals surface area contributed by atoms with Gasteiger partial charge >= 0.3 is 0 Å². The lowest BCUT2D eigenvalue weighted by molar-refractivity contribution is 0.671. The van der Waals surface area contributed by atoms with Crippen molar-refractivity contribution in [3.8, 4) is 0 Å². The largest absolute Gasteiger partial charge is 0.301 e. The summed E-state index contributed by atoms with van der Waals surface area (Å²) in [4.78, 5) is 0. The molecule has 0 saturated carbocycles. The van der Waals surface area contributed by atoms with Crippen molar-refractivity contribution in [2.45, 2.75) is 0 Å². The predicted molar refractivity (Wildman–Crippen MR) is 64.0 cm³/mol. The molecule has 2 aliphatic heterocycles. The fraction of sp³-hybridized carbons (Fsp3) is 0. The Balaban J connectivity index is 2.36. The quantitative estimate of drug-likeness (QED) is 0.686. The SMILES string of the molecule is O=S1(=NN=S2(=O)C=CC=CN2)C=CC=CN1. The summed E-state index contributed by atoms with van der Waals surface area (Å²) in [5.74, 6) is 0.